The van der Waals surface area contributed by atoms with Crippen LogP contribution in [0.2, 0.25) is 0 Å². The highest BCUT2D eigenvalue weighted by Crippen LogP contribution is 2.14. The predicted molar refractivity (Wildman–Crippen MR) is 94.7 cm³/mol. The largest absolute Gasteiger partial charge is 0.480 e. The van der Waals surface area contributed by atoms with Crippen LogP contribution in [0, 0.1) is 0 Å². The van der Waals surface area contributed by atoms with Gasteiger partial charge < -0.3 is 15.3 Å². The van der Waals surface area contributed by atoms with Gasteiger partial charge in [-0.05, 0) is 6.42 Å². The van der Waals surface area contributed by atoms with Gasteiger partial charge in [-0.15, -0.1) is 0 Å². The van der Waals surface area contributed by atoms with E-state index in [0.29, 0.717) is 6.42 Å². The van der Waals surface area contributed by atoms with Gasteiger partial charge in [-0.3, -0.25) is 19.3 Å². The first-order valence-corrected chi connectivity index (χ1v) is 9.28. The number of hydrogen-bond donors (Lipinski definition) is 3. The van der Waals surface area contributed by atoms with Crippen LogP contribution in [0.1, 0.15) is 77.6 Å². The number of carbonyl (C=O) groups is 3. The van der Waals surface area contributed by atoms with Gasteiger partial charge in [0.2, 0.25) is 0 Å². The molecule has 25 heavy (non-hydrogen) atoms. The van der Waals surface area contributed by atoms with E-state index < -0.39 is 37.0 Å². The Hall–Kier alpha value is -1.63. The van der Waals surface area contributed by atoms with Crippen molar-refractivity contribution in [2.24, 2.45) is 0 Å². The van der Waals surface area contributed by atoms with Crippen LogP contribution in [0.25, 0.3) is 0 Å². The fraction of sp³-hybridized carbons (Fsp3) is 0.833. The number of hydrogen-bond acceptors (Lipinski definition) is 4. The van der Waals surface area contributed by atoms with E-state index in [1.165, 1.54) is 38.5 Å². The topological polar surface area (TPSA) is 115 Å². The monoisotopic (exact) mass is 359 g/mol. The molecule has 3 N–H and O–H groups in total. The van der Waals surface area contributed by atoms with Crippen molar-refractivity contribution < 1.29 is 29.7 Å². The molecule has 0 fully saturated rings. The minimum atomic E-state index is -1.23. The molecule has 0 aliphatic carbocycles. The van der Waals surface area contributed by atoms with Crippen LogP contribution in [0.5, 0.6) is 0 Å². The summed E-state index contributed by atoms with van der Waals surface area (Å²) < 4.78 is 0. The van der Waals surface area contributed by atoms with Crippen LogP contribution >= 0.6 is 0 Å². The third-order valence-electron chi connectivity index (χ3n) is 4.23. The molecule has 7 heteroatoms. The zero-order valence-corrected chi connectivity index (χ0v) is 15.3. The first kappa shape index (κ1) is 23.4. The number of unbranched alkanes of at least 4 members (excludes halogenated alkanes) is 9. The summed E-state index contributed by atoms with van der Waals surface area (Å²) in [4.78, 5) is 34.0. The van der Waals surface area contributed by atoms with Crippen molar-refractivity contribution in [1.29, 1.82) is 0 Å². The second kappa shape index (κ2) is 14.7. The SMILES string of the molecule is CCCCCCCCCCCCC(C(=O)O)N(CC(=O)O)CC(=O)O. The Labute approximate surface area is 150 Å². The molecule has 0 radical (unpaired) electrons. The van der Waals surface area contributed by atoms with Gasteiger partial charge in [0.15, 0.2) is 0 Å². The molecule has 0 aromatic rings. The van der Waals surface area contributed by atoms with Crippen LogP contribution in [-0.2, 0) is 14.4 Å². The van der Waals surface area contributed by atoms with E-state index in [9.17, 15) is 19.5 Å². The van der Waals surface area contributed by atoms with Gasteiger partial charge in [0, 0.05) is 0 Å². The van der Waals surface area contributed by atoms with Crippen LogP contribution < -0.4 is 0 Å². The molecule has 146 valence electrons. The Bertz CT molecular complexity index is 383. The Morgan fingerprint density at radius 1 is 0.720 bits per heavy atom. The van der Waals surface area contributed by atoms with E-state index >= 15 is 0 Å². The lowest BCUT2D eigenvalue weighted by molar-refractivity contribution is -0.149. The van der Waals surface area contributed by atoms with E-state index in [1.54, 1.807) is 0 Å². The Kier molecular flexibility index (Phi) is 13.7. The van der Waals surface area contributed by atoms with Crippen molar-refractivity contribution in [2.75, 3.05) is 13.1 Å². The van der Waals surface area contributed by atoms with Crippen molar-refractivity contribution in [3.05, 3.63) is 0 Å². The maximum atomic E-state index is 11.4. The fourth-order valence-corrected chi connectivity index (χ4v) is 2.91. The minimum Gasteiger partial charge on any atom is -0.480 e. The quantitative estimate of drug-likeness (QED) is 0.341. The maximum Gasteiger partial charge on any atom is 0.320 e. The van der Waals surface area contributed by atoms with Gasteiger partial charge in [-0.2, -0.15) is 0 Å². The summed E-state index contributed by atoms with van der Waals surface area (Å²) in [7, 11) is 0. The molecule has 0 aromatic carbocycles. The highest BCUT2D eigenvalue weighted by Gasteiger charge is 2.28. The molecule has 0 rings (SSSR count). The van der Waals surface area contributed by atoms with Crippen LogP contribution in [0.15, 0.2) is 0 Å². The molecular formula is C18H33NO6. The number of carboxylic acid groups (broad SMARTS) is 3. The van der Waals surface area contributed by atoms with Crippen LogP contribution in [-0.4, -0.2) is 57.3 Å². The highest BCUT2D eigenvalue weighted by atomic mass is 16.4. The predicted octanol–water partition coefficient (Wildman–Crippen LogP) is 3.22. The first-order valence-electron chi connectivity index (χ1n) is 9.28. The van der Waals surface area contributed by atoms with Crippen molar-refractivity contribution in [3.8, 4) is 0 Å². The number of nitrogens with zero attached hydrogens (tertiary/aromatic N) is 1. The standard InChI is InChI=1S/C18H33NO6/c1-2-3-4-5-6-7-8-9-10-11-12-15(18(24)25)19(13-16(20)21)14-17(22)23/h15H,2-14H2,1H3,(H,20,21)(H,22,23)(H,24,25). The Balaban J connectivity index is 4.07. The average molecular weight is 359 g/mol. The lowest BCUT2D eigenvalue weighted by atomic mass is 10.0. The van der Waals surface area contributed by atoms with Gasteiger partial charge in [-0.25, -0.2) is 0 Å². The summed E-state index contributed by atoms with van der Waals surface area (Å²) in [6, 6.07) is -1.07. The fourth-order valence-electron chi connectivity index (χ4n) is 2.91. The molecule has 0 amide bonds. The molecule has 0 aliphatic heterocycles. The number of carboxylic acids is 3. The smallest absolute Gasteiger partial charge is 0.320 e. The summed E-state index contributed by atoms with van der Waals surface area (Å²) in [5.74, 6) is -3.62. The van der Waals surface area contributed by atoms with E-state index in [2.05, 4.69) is 6.92 Å². The number of rotatable bonds is 17. The van der Waals surface area contributed by atoms with E-state index in [0.717, 1.165) is 24.2 Å². The molecular weight excluding hydrogens is 326 g/mol. The third kappa shape index (κ3) is 13.3. The van der Waals surface area contributed by atoms with E-state index in [4.69, 9.17) is 10.2 Å². The van der Waals surface area contributed by atoms with Gasteiger partial charge in [-0.1, -0.05) is 71.1 Å². The van der Waals surface area contributed by atoms with Gasteiger partial charge in [0.05, 0.1) is 13.1 Å². The summed E-state index contributed by atoms with van der Waals surface area (Å²) >= 11 is 0. The molecule has 7 nitrogen and oxygen atoms in total. The molecule has 0 spiro atoms. The van der Waals surface area contributed by atoms with Gasteiger partial charge >= 0.3 is 17.9 Å². The van der Waals surface area contributed by atoms with Gasteiger partial charge in [0.1, 0.15) is 6.04 Å². The third-order valence-corrected chi connectivity index (χ3v) is 4.23. The second-order valence-corrected chi connectivity index (χ2v) is 6.52. The molecule has 1 unspecified atom stereocenters. The molecule has 0 aromatic heterocycles. The first-order chi connectivity index (χ1) is 11.9. The molecule has 0 bridgehead atoms. The summed E-state index contributed by atoms with van der Waals surface area (Å²) in [6.07, 6.45) is 11.5. The second-order valence-electron chi connectivity index (χ2n) is 6.52. The Morgan fingerprint density at radius 2 is 1.12 bits per heavy atom. The van der Waals surface area contributed by atoms with Crippen molar-refractivity contribution in [1.82, 2.24) is 4.90 Å². The highest BCUT2D eigenvalue weighted by molar-refractivity contribution is 5.78. The molecule has 0 saturated heterocycles. The van der Waals surface area contributed by atoms with Gasteiger partial charge in [0.25, 0.3) is 0 Å². The zero-order valence-electron chi connectivity index (χ0n) is 15.3. The normalized spacial score (nSPS) is 12.2. The van der Waals surface area contributed by atoms with Crippen molar-refractivity contribution in [2.45, 2.75) is 83.6 Å². The lowest BCUT2D eigenvalue weighted by Gasteiger charge is -2.25. The van der Waals surface area contributed by atoms with Crippen LogP contribution in [0.4, 0.5) is 0 Å². The molecule has 0 heterocycles. The number of aliphatic carboxylic acids is 3. The lowest BCUT2D eigenvalue weighted by Crippen LogP contribution is -2.46. The minimum absolute atomic E-state index is 0.270. The van der Waals surface area contributed by atoms with Crippen molar-refractivity contribution in [3.63, 3.8) is 0 Å². The maximum absolute atomic E-state index is 11.4. The van der Waals surface area contributed by atoms with Crippen molar-refractivity contribution >= 4 is 17.9 Å². The zero-order chi connectivity index (χ0) is 19.1. The molecule has 0 saturated carbocycles. The summed E-state index contributed by atoms with van der Waals surface area (Å²) in [5.41, 5.74) is 0. The summed E-state index contributed by atoms with van der Waals surface area (Å²) in [6.45, 7) is 1.03. The average Bonchev–Trinajstić information content (AvgIpc) is 2.50. The Morgan fingerprint density at radius 3 is 1.48 bits per heavy atom. The summed E-state index contributed by atoms with van der Waals surface area (Å²) in [5, 5.41) is 27.0. The molecule has 1 atom stereocenters. The van der Waals surface area contributed by atoms with E-state index in [1.807, 2.05) is 0 Å². The molecule has 0 aliphatic rings. The van der Waals surface area contributed by atoms with E-state index in [-0.39, 0.29) is 6.42 Å². The van der Waals surface area contributed by atoms with Crippen LogP contribution in [0.3, 0.4) is 0 Å².